The van der Waals surface area contributed by atoms with Crippen LogP contribution in [0, 0.1) is 0 Å². The third-order valence-electron chi connectivity index (χ3n) is 3.98. The number of benzene rings is 2. The zero-order chi connectivity index (χ0) is 21.0. The highest BCUT2D eigenvalue weighted by Crippen LogP contribution is 2.36. The summed E-state index contributed by atoms with van der Waals surface area (Å²) in [6, 6.07) is 11.9. The van der Waals surface area contributed by atoms with E-state index in [1.807, 2.05) is 12.1 Å². The molecule has 0 fully saturated rings. The highest BCUT2D eigenvalue weighted by molar-refractivity contribution is 6.30. The van der Waals surface area contributed by atoms with Crippen LogP contribution in [0.3, 0.4) is 0 Å². The van der Waals surface area contributed by atoms with Gasteiger partial charge in [0.1, 0.15) is 0 Å². The summed E-state index contributed by atoms with van der Waals surface area (Å²) in [5.41, 5.74) is -0.314. The van der Waals surface area contributed by atoms with E-state index in [2.05, 4.69) is 10.3 Å². The van der Waals surface area contributed by atoms with Crippen LogP contribution in [-0.2, 0) is 26.9 Å². The van der Waals surface area contributed by atoms with Gasteiger partial charge in [-0.2, -0.15) is 13.2 Å². The van der Waals surface area contributed by atoms with Gasteiger partial charge >= 0.3 is 12.1 Å². The molecule has 1 heterocycles. The van der Waals surface area contributed by atoms with Crippen LogP contribution in [0.4, 0.5) is 18.9 Å². The van der Waals surface area contributed by atoms with E-state index < -0.39 is 35.9 Å². The summed E-state index contributed by atoms with van der Waals surface area (Å²) in [5, 5.41) is 2.81. The van der Waals surface area contributed by atoms with Crippen molar-refractivity contribution in [1.29, 1.82) is 0 Å². The molecule has 5 nitrogen and oxygen atoms in total. The number of carbonyl (C=O) groups is 2. The lowest BCUT2D eigenvalue weighted by atomic mass is 10.1. The number of anilines is 1. The summed E-state index contributed by atoms with van der Waals surface area (Å²) in [7, 11) is 0. The molecule has 3 rings (SSSR count). The number of hydrogen-bond acceptors (Lipinski definition) is 4. The molecular weight excluding hydrogens is 409 g/mol. The Balaban J connectivity index is 1.62. The van der Waals surface area contributed by atoms with Crippen molar-refractivity contribution in [3.8, 4) is 0 Å². The number of esters is 1. The molecule has 0 spiro atoms. The van der Waals surface area contributed by atoms with Gasteiger partial charge in [0.2, 0.25) is 0 Å². The van der Waals surface area contributed by atoms with Crippen LogP contribution in [0.15, 0.2) is 54.7 Å². The number of halogens is 4. The molecule has 3 aromatic rings. The molecule has 0 unspecified atom stereocenters. The Morgan fingerprint density at radius 1 is 1.10 bits per heavy atom. The van der Waals surface area contributed by atoms with E-state index in [0.29, 0.717) is 17.1 Å². The molecule has 1 aromatic heterocycles. The highest BCUT2D eigenvalue weighted by Gasteiger charge is 2.34. The van der Waals surface area contributed by atoms with Gasteiger partial charge in [-0.1, -0.05) is 35.9 Å². The number of nitrogens with one attached hydrogen (secondary N) is 1. The van der Waals surface area contributed by atoms with E-state index in [4.69, 9.17) is 16.3 Å². The predicted octanol–water partition coefficient (Wildman–Crippen LogP) is 4.63. The molecule has 1 N–H and O–H groups in total. The van der Waals surface area contributed by atoms with Crippen LogP contribution in [0.1, 0.15) is 11.1 Å². The van der Waals surface area contributed by atoms with Gasteiger partial charge < -0.3 is 10.1 Å². The summed E-state index contributed by atoms with van der Waals surface area (Å²) in [4.78, 5) is 28.2. The maximum Gasteiger partial charge on any atom is 0.418 e. The standard InChI is InChI=1S/C20H14ClF3N2O3/c21-14-6-7-16(15(10-14)20(22,23)24)26-17(27)11-29-18(28)9-13-4-1-3-12-5-2-8-25-19(12)13/h1-8,10H,9,11H2,(H,26,27). The van der Waals surface area contributed by atoms with Crippen LogP contribution < -0.4 is 5.32 Å². The number of hydrogen-bond donors (Lipinski definition) is 1. The molecular formula is C20H14ClF3N2O3. The number of fused-ring (bicyclic) bond motifs is 1. The highest BCUT2D eigenvalue weighted by atomic mass is 35.5. The first-order chi connectivity index (χ1) is 13.7. The van der Waals surface area contributed by atoms with Crippen molar-refractivity contribution in [2.75, 3.05) is 11.9 Å². The smallest absolute Gasteiger partial charge is 0.418 e. The van der Waals surface area contributed by atoms with Crippen LogP contribution in [0.25, 0.3) is 10.9 Å². The van der Waals surface area contributed by atoms with Crippen molar-refractivity contribution in [3.63, 3.8) is 0 Å². The molecule has 0 bridgehead atoms. The van der Waals surface area contributed by atoms with E-state index >= 15 is 0 Å². The molecule has 9 heteroatoms. The average molecular weight is 423 g/mol. The Hall–Kier alpha value is -3.13. The lowest BCUT2D eigenvalue weighted by Crippen LogP contribution is -2.23. The van der Waals surface area contributed by atoms with Gasteiger partial charge in [0, 0.05) is 16.6 Å². The van der Waals surface area contributed by atoms with Gasteiger partial charge in [0.05, 0.1) is 23.2 Å². The maximum absolute atomic E-state index is 13.1. The molecule has 0 saturated carbocycles. The van der Waals surface area contributed by atoms with E-state index in [9.17, 15) is 22.8 Å². The minimum atomic E-state index is -4.70. The Morgan fingerprint density at radius 2 is 1.86 bits per heavy atom. The Kier molecular flexibility index (Phi) is 6.03. The van der Waals surface area contributed by atoms with Crippen molar-refractivity contribution in [3.05, 3.63) is 70.9 Å². The van der Waals surface area contributed by atoms with Gasteiger partial charge in [-0.3, -0.25) is 14.6 Å². The molecule has 0 aliphatic rings. The summed E-state index contributed by atoms with van der Waals surface area (Å²) in [5.74, 6) is -1.60. The summed E-state index contributed by atoms with van der Waals surface area (Å²) < 4.78 is 44.1. The van der Waals surface area contributed by atoms with Crippen LogP contribution in [0.2, 0.25) is 5.02 Å². The Morgan fingerprint density at radius 3 is 2.62 bits per heavy atom. The van der Waals surface area contributed by atoms with Crippen molar-refractivity contribution >= 4 is 40.1 Å². The van der Waals surface area contributed by atoms with Gasteiger partial charge in [-0.05, 0) is 29.8 Å². The van der Waals surface area contributed by atoms with Crippen molar-refractivity contribution in [1.82, 2.24) is 4.98 Å². The molecule has 0 saturated heterocycles. The lowest BCUT2D eigenvalue weighted by Gasteiger charge is -2.14. The first-order valence-electron chi connectivity index (χ1n) is 8.39. The van der Waals surface area contributed by atoms with Gasteiger partial charge in [0.15, 0.2) is 6.61 Å². The van der Waals surface area contributed by atoms with Crippen molar-refractivity contribution in [2.24, 2.45) is 0 Å². The second-order valence-electron chi connectivity index (χ2n) is 6.07. The quantitative estimate of drug-likeness (QED) is 0.609. The molecule has 150 valence electrons. The van der Waals surface area contributed by atoms with E-state index in [-0.39, 0.29) is 11.4 Å². The normalized spacial score (nSPS) is 11.3. The predicted molar refractivity (Wildman–Crippen MR) is 101 cm³/mol. The first-order valence-corrected chi connectivity index (χ1v) is 8.76. The van der Waals surface area contributed by atoms with Crippen molar-refractivity contribution in [2.45, 2.75) is 12.6 Å². The number of nitrogens with zero attached hydrogens (tertiary/aromatic N) is 1. The number of aromatic nitrogens is 1. The topological polar surface area (TPSA) is 68.3 Å². The minimum Gasteiger partial charge on any atom is -0.455 e. The molecule has 0 aliphatic carbocycles. The Labute approximate surface area is 168 Å². The second-order valence-corrected chi connectivity index (χ2v) is 6.50. The number of rotatable bonds is 5. The average Bonchev–Trinajstić information content (AvgIpc) is 2.67. The van der Waals surface area contributed by atoms with Gasteiger partial charge in [0.25, 0.3) is 5.91 Å². The number of amides is 1. The summed E-state index contributed by atoms with van der Waals surface area (Å²) in [6.07, 6.45) is -3.24. The Bertz CT molecular complexity index is 1070. The molecule has 0 atom stereocenters. The lowest BCUT2D eigenvalue weighted by molar-refractivity contribution is -0.146. The first kappa shape index (κ1) is 20.6. The monoisotopic (exact) mass is 422 g/mol. The number of para-hydroxylation sites is 1. The molecule has 29 heavy (non-hydrogen) atoms. The fourth-order valence-electron chi connectivity index (χ4n) is 2.71. The second kappa shape index (κ2) is 8.48. The maximum atomic E-state index is 13.1. The molecule has 1 amide bonds. The summed E-state index contributed by atoms with van der Waals surface area (Å²) in [6.45, 7) is -0.725. The third kappa shape index (κ3) is 5.23. The number of ether oxygens (including phenoxy) is 1. The van der Waals surface area contributed by atoms with Crippen molar-refractivity contribution < 1.29 is 27.5 Å². The molecule has 0 radical (unpaired) electrons. The zero-order valence-corrected chi connectivity index (χ0v) is 15.6. The van der Waals surface area contributed by atoms with Gasteiger partial charge in [-0.15, -0.1) is 0 Å². The minimum absolute atomic E-state index is 0.120. The summed E-state index contributed by atoms with van der Waals surface area (Å²) >= 11 is 5.59. The fourth-order valence-corrected chi connectivity index (χ4v) is 2.88. The van der Waals surface area contributed by atoms with E-state index in [1.54, 1.807) is 24.4 Å². The van der Waals surface area contributed by atoms with Crippen LogP contribution in [-0.4, -0.2) is 23.5 Å². The fraction of sp³-hybridized carbons (Fsp3) is 0.150. The molecule has 0 aliphatic heterocycles. The van der Waals surface area contributed by atoms with E-state index in [1.165, 1.54) is 6.07 Å². The van der Waals surface area contributed by atoms with Crippen LogP contribution >= 0.6 is 11.6 Å². The number of pyridine rings is 1. The zero-order valence-electron chi connectivity index (χ0n) is 14.8. The van der Waals surface area contributed by atoms with Gasteiger partial charge in [-0.25, -0.2) is 0 Å². The number of carbonyl (C=O) groups excluding carboxylic acids is 2. The van der Waals surface area contributed by atoms with E-state index in [0.717, 1.165) is 11.5 Å². The number of alkyl halides is 3. The van der Waals surface area contributed by atoms with Crippen LogP contribution in [0.5, 0.6) is 0 Å². The molecule has 2 aromatic carbocycles. The third-order valence-corrected chi connectivity index (χ3v) is 4.21. The SMILES string of the molecule is O=C(COC(=O)Cc1cccc2cccnc12)Nc1ccc(Cl)cc1C(F)(F)F. The largest absolute Gasteiger partial charge is 0.455 e.